The van der Waals surface area contributed by atoms with Gasteiger partial charge in [0.15, 0.2) is 0 Å². The first-order valence-corrected chi connectivity index (χ1v) is 12.1. The van der Waals surface area contributed by atoms with Crippen LogP contribution in [-0.4, -0.2) is 18.0 Å². The van der Waals surface area contributed by atoms with E-state index in [0.29, 0.717) is 28.7 Å². The van der Waals surface area contributed by atoms with Gasteiger partial charge in [-0.25, -0.2) is 0 Å². The number of halogens is 2. The van der Waals surface area contributed by atoms with Gasteiger partial charge in [-0.15, -0.1) is 0 Å². The Morgan fingerprint density at radius 2 is 1.60 bits per heavy atom. The minimum atomic E-state index is -0.312. The number of nitriles is 1. The summed E-state index contributed by atoms with van der Waals surface area (Å²) in [6.45, 7) is 2.09. The molecule has 0 saturated carbocycles. The maximum Gasteiger partial charge on any atom is 0.205 e. The van der Waals surface area contributed by atoms with Gasteiger partial charge in [-0.05, 0) is 52.6 Å². The van der Waals surface area contributed by atoms with Crippen LogP contribution >= 0.6 is 23.2 Å². The van der Waals surface area contributed by atoms with Crippen molar-refractivity contribution in [1.82, 2.24) is 4.90 Å². The van der Waals surface area contributed by atoms with E-state index >= 15 is 0 Å². The second kappa shape index (κ2) is 10.0. The second-order valence-electron chi connectivity index (χ2n) is 8.68. The highest BCUT2D eigenvalue weighted by Crippen LogP contribution is 2.44. The highest BCUT2D eigenvalue weighted by molar-refractivity contribution is 6.30. The van der Waals surface area contributed by atoms with Gasteiger partial charge in [-0.2, -0.15) is 5.26 Å². The first-order chi connectivity index (χ1) is 17.0. The van der Waals surface area contributed by atoms with Gasteiger partial charge < -0.3 is 10.5 Å². The van der Waals surface area contributed by atoms with E-state index in [1.165, 1.54) is 5.56 Å². The van der Waals surface area contributed by atoms with Gasteiger partial charge in [0.05, 0.1) is 5.92 Å². The van der Waals surface area contributed by atoms with Crippen LogP contribution in [0.2, 0.25) is 10.0 Å². The second-order valence-corrected chi connectivity index (χ2v) is 9.56. The van der Waals surface area contributed by atoms with Gasteiger partial charge in [-0.1, -0.05) is 77.8 Å². The first-order valence-electron chi connectivity index (χ1n) is 11.3. The van der Waals surface area contributed by atoms with Crippen LogP contribution in [0.25, 0.3) is 6.08 Å². The summed E-state index contributed by atoms with van der Waals surface area (Å²) < 4.78 is 6.14. The van der Waals surface area contributed by atoms with Crippen molar-refractivity contribution in [2.24, 2.45) is 5.73 Å². The van der Waals surface area contributed by atoms with E-state index in [-0.39, 0.29) is 11.8 Å². The summed E-state index contributed by atoms with van der Waals surface area (Å²) in [6, 6.07) is 27.9. The minimum Gasteiger partial charge on any atom is -0.440 e. The van der Waals surface area contributed by atoms with Crippen molar-refractivity contribution in [3.8, 4) is 6.07 Å². The smallest absolute Gasteiger partial charge is 0.205 e. The van der Waals surface area contributed by atoms with Crippen LogP contribution in [-0.2, 0) is 11.3 Å². The number of allylic oxidation sites excluding steroid dienone is 1. The number of ether oxygens (including phenoxy) is 1. The quantitative estimate of drug-likeness (QED) is 0.436. The predicted molar refractivity (Wildman–Crippen MR) is 140 cm³/mol. The Kier molecular flexibility index (Phi) is 6.66. The van der Waals surface area contributed by atoms with Crippen LogP contribution in [0, 0.1) is 11.3 Å². The molecule has 0 spiro atoms. The van der Waals surface area contributed by atoms with E-state index < -0.39 is 0 Å². The zero-order chi connectivity index (χ0) is 24.4. The van der Waals surface area contributed by atoms with E-state index in [1.54, 1.807) is 0 Å². The first kappa shape index (κ1) is 23.3. The van der Waals surface area contributed by atoms with Gasteiger partial charge in [0, 0.05) is 35.3 Å². The topological polar surface area (TPSA) is 62.3 Å². The molecule has 0 saturated heterocycles. The molecule has 3 aromatic rings. The standard InChI is InChI=1S/C29H23Cl2N3O/c30-23-10-6-19(7-11-23)14-22-17-34(16-20-4-2-1-3-5-20)18-26-27(21-8-12-24(31)13-9-21)25(15-32)29(33)35-28(22)26/h1-14,27H,16-18,33H2. The zero-order valence-electron chi connectivity index (χ0n) is 18.9. The Bertz CT molecular complexity index is 1370. The lowest BCUT2D eigenvalue weighted by Crippen LogP contribution is -2.37. The molecule has 1 atom stereocenters. The molecule has 2 heterocycles. The summed E-state index contributed by atoms with van der Waals surface area (Å²) in [5, 5.41) is 11.3. The summed E-state index contributed by atoms with van der Waals surface area (Å²) in [6.07, 6.45) is 2.10. The van der Waals surface area contributed by atoms with Crippen molar-refractivity contribution in [3.05, 3.63) is 134 Å². The monoisotopic (exact) mass is 499 g/mol. The lowest BCUT2D eigenvalue weighted by Gasteiger charge is -2.38. The van der Waals surface area contributed by atoms with E-state index in [1.807, 2.05) is 66.7 Å². The molecule has 0 aliphatic carbocycles. The Hall–Kier alpha value is -3.49. The van der Waals surface area contributed by atoms with E-state index in [4.69, 9.17) is 33.7 Å². The zero-order valence-corrected chi connectivity index (χ0v) is 20.4. The number of hydrogen-bond acceptors (Lipinski definition) is 4. The van der Waals surface area contributed by atoms with Gasteiger partial charge in [0.2, 0.25) is 5.88 Å². The Morgan fingerprint density at radius 3 is 2.26 bits per heavy atom. The Morgan fingerprint density at radius 1 is 0.943 bits per heavy atom. The normalized spacial score (nSPS) is 19.3. The molecule has 0 fully saturated rings. The lowest BCUT2D eigenvalue weighted by atomic mass is 9.80. The van der Waals surface area contributed by atoms with Crippen molar-refractivity contribution in [2.45, 2.75) is 12.5 Å². The molecule has 2 aliphatic rings. The molecule has 0 amide bonds. The summed E-state index contributed by atoms with van der Waals surface area (Å²) in [4.78, 5) is 2.36. The SMILES string of the molecule is N#CC1=C(N)OC2=C(CN(Cc3ccccc3)CC2=Cc2ccc(Cl)cc2)C1c1ccc(Cl)cc1. The molecule has 0 aromatic heterocycles. The summed E-state index contributed by atoms with van der Waals surface area (Å²) in [5.41, 5.74) is 11.9. The Labute approximate surface area is 215 Å². The molecule has 5 rings (SSSR count). The molecule has 3 aromatic carbocycles. The number of hydrogen-bond donors (Lipinski definition) is 1. The molecular weight excluding hydrogens is 477 g/mol. The van der Waals surface area contributed by atoms with E-state index in [9.17, 15) is 5.26 Å². The molecule has 35 heavy (non-hydrogen) atoms. The average molecular weight is 500 g/mol. The number of rotatable bonds is 4. The van der Waals surface area contributed by atoms with E-state index in [2.05, 4.69) is 29.2 Å². The largest absolute Gasteiger partial charge is 0.440 e. The summed E-state index contributed by atoms with van der Waals surface area (Å²) in [5.74, 6) is 0.568. The van der Waals surface area contributed by atoms with Gasteiger partial charge >= 0.3 is 0 Å². The lowest BCUT2D eigenvalue weighted by molar-refractivity contribution is 0.230. The van der Waals surface area contributed by atoms with E-state index in [0.717, 1.165) is 34.6 Å². The van der Waals surface area contributed by atoms with Crippen LogP contribution in [0.15, 0.2) is 107 Å². The summed E-state index contributed by atoms with van der Waals surface area (Å²) in [7, 11) is 0. The van der Waals surface area contributed by atoms with Crippen molar-refractivity contribution < 1.29 is 4.74 Å². The fourth-order valence-electron chi connectivity index (χ4n) is 4.69. The van der Waals surface area contributed by atoms with Crippen LogP contribution in [0.1, 0.15) is 22.6 Å². The number of nitrogens with two attached hydrogens (primary N) is 1. The van der Waals surface area contributed by atoms with Crippen LogP contribution in [0.4, 0.5) is 0 Å². The molecule has 6 heteroatoms. The fraction of sp³-hybridized carbons (Fsp3) is 0.138. The van der Waals surface area contributed by atoms with Crippen molar-refractivity contribution in [3.63, 3.8) is 0 Å². The molecule has 1 unspecified atom stereocenters. The summed E-state index contributed by atoms with van der Waals surface area (Å²) >= 11 is 12.3. The van der Waals surface area contributed by atoms with Gasteiger partial charge in [-0.3, -0.25) is 4.90 Å². The molecule has 2 N–H and O–H groups in total. The highest BCUT2D eigenvalue weighted by atomic mass is 35.5. The van der Waals surface area contributed by atoms with Crippen molar-refractivity contribution >= 4 is 29.3 Å². The van der Waals surface area contributed by atoms with Crippen LogP contribution < -0.4 is 5.73 Å². The van der Waals surface area contributed by atoms with Gasteiger partial charge in [0.1, 0.15) is 17.4 Å². The molecule has 2 aliphatic heterocycles. The minimum absolute atomic E-state index is 0.143. The molecule has 4 nitrogen and oxygen atoms in total. The molecule has 0 radical (unpaired) electrons. The number of benzene rings is 3. The third-order valence-electron chi connectivity index (χ3n) is 6.27. The fourth-order valence-corrected chi connectivity index (χ4v) is 4.94. The predicted octanol–water partition coefficient (Wildman–Crippen LogP) is 6.65. The van der Waals surface area contributed by atoms with Gasteiger partial charge in [0.25, 0.3) is 0 Å². The number of nitrogens with zero attached hydrogens (tertiary/aromatic N) is 2. The average Bonchev–Trinajstić information content (AvgIpc) is 2.86. The molecule has 174 valence electrons. The third kappa shape index (κ3) is 4.99. The van der Waals surface area contributed by atoms with Crippen LogP contribution in [0.3, 0.4) is 0 Å². The highest BCUT2D eigenvalue weighted by Gasteiger charge is 2.37. The maximum atomic E-state index is 10.0. The van der Waals surface area contributed by atoms with Crippen LogP contribution in [0.5, 0.6) is 0 Å². The Balaban J connectivity index is 1.62. The van der Waals surface area contributed by atoms with Crippen molar-refractivity contribution in [2.75, 3.05) is 13.1 Å². The molecule has 0 bridgehead atoms. The maximum absolute atomic E-state index is 10.0. The molecular formula is C29H23Cl2N3O. The van der Waals surface area contributed by atoms with Crippen molar-refractivity contribution in [1.29, 1.82) is 5.26 Å². The third-order valence-corrected chi connectivity index (χ3v) is 6.77.